The van der Waals surface area contributed by atoms with Gasteiger partial charge in [0.25, 0.3) is 11.8 Å². The van der Waals surface area contributed by atoms with Crippen molar-refractivity contribution in [2.45, 2.75) is 37.6 Å². The molecule has 3 rings (SSSR count). The molecule has 0 unspecified atom stereocenters. The van der Waals surface area contributed by atoms with Gasteiger partial charge in [0.2, 0.25) is 5.91 Å². The molecule has 3 amide bonds. The zero-order valence-electron chi connectivity index (χ0n) is 16.8. The van der Waals surface area contributed by atoms with Gasteiger partial charge in [0.15, 0.2) is 6.61 Å². The maximum Gasteiger partial charge on any atom is 0.309 e. The van der Waals surface area contributed by atoms with Gasteiger partial charge in [0.05, 0.1) is 25.3 Å². The van der Waals surface area contributed by atoms with Crippen LogP contribution in [0.25, 0.3) is 0 Å². The number of benzene rings is 1. The topological polar surface area (TPSA) is 122 Å². The quantitative estimate of drug-likeness (QED) is 0.506. The second-order valence-corrected chi connectivity index (χ2v) is 7.34. The first-order chi connectivity index (χ1) is 14.2. The van der Waals surface area contributed by atoms with Crippen molar-refractivity contribution in [2.75, 3.05) is 20.7 Å². The summed E-state index contributed by atoms with van der Waals surface area (Å²) in [6.45, 7) is -0.712. The maximum absolute atomic E-state index is 13.2. The number of amides is 3. The van der Waals surface area contributed by atoms with Crippen molar-refractivity contribution in [3.8, 4) is 0 Å². The van der Waals surface area contributed by atoms with Crippen molar-refractivity contribution in [3.63, 3.8) is 0 Å². The Morgan fingerprint density at radius 1 is 1.13 bits per heavy atom. The SMILES string of the molecule is CN(C)[C@@H]1CC(=O)N([C@]2(C(=O)NCc3ccccc3)COC(=O)CCC(=O)O2)C1=O. The van der Waals surface area contributed by atoms with Crippen molar-refractivity contribution in [1.82, 2.24) is 15.1 Å². The van der Waals surface area contributed by atoms with E-state index in [2.05, 4.69) is 5.32 Å². The van der Waals surface area contributed by atoms with E-state index in [1.54, 1.807) is 38.4 Å². The van der Waals surface area contributed by atoms with Gasteiger partial charge in [-0.2, -0.15) is 0 Å². The fourth-order valence-electron chi connectivity index (χ4n) is 3.36. The van der Waals surface area contributed by atoms with Crippen LogP contribution >= 0.6 is 0 Å². The lowest BCUT2D eigenvalue weighted by Gasteiger charge is -2.38. The highest BCUT2D eigenvalue weighted by molar-refractivity contribution is 6.10. The zero-order valence-corrected chi connectivity index (χ0v) is 16.8. The number of likely N-dealkylation sites (tertiary alicyclic amines) is 1. The van der Waals surface area contributed by atoms with E-state index in [9.17, 15) is 24.0 Å². The number of imide groups is 1. The van der Waals surface area contributed by atoms with Gasteiger partial charge < -0.3 is 14.8 Å². The van der Waals surface area contributed by atoms with Crippen LogP contribution in [-0.2, 0) is 40.0 Å². The highest BCUT2D eigenvalue weighted by Gasteiger charge is 2.59. The Bertz CT molecular complexity index is 870. The van der Waals surface area contributed by atoms with Gasteiger partial charge in [-0.15, -0.1) is 0 Å². The molecule has 10 heteroatoms. The van der Waals surface area contributed by atoms with E-state index in [0.29, 0.717) is 4.90 Å². The van der Waals surface area contributed by atoms with Crippen LogP contribution in [-0.4, -0.2) is 71.9 Å². The molecule has 1 aromatic carbocycles. The summed E-state index contributed by atoms with van der Waals surface area (Å²) < 4.78 is 10.5. The third-order valence-electron chi connectivity index (χ3n) is 5.00. The van der Waals surface area contributed by atoms with Crippen molar-refractivity contribution in [3.05, 3.63) is 35.9 Å². The number of likely N-dealkylation sites (N-methyl/N-ethyl adjacent to an activating group) is 1. The van der Waals surface area contributed by atoms with E-state index in [0.717, 1.165) is 5.56 Å². The van der Waals surface area contributed by atoms with Crippen LogP contribution in [0.4, 0.5) is 0 Å². The first-order valence-corrected chi connectivity index (χ1v) is 9.47. The lowest BCUT2D eigenvalue weighted by atomic mass is 10.1. The lowest BCUT2D eigenvalue weighted by molar-refractivity contribution is -0.210. The van der Waals surface area contributed by atoms with Crippen LogP contribution in [0, 0.1) is 0 Å². The predicted molar refractivity (Wildman–Crippen MR) is 101 cm³/mol. The first kappa shape index (κ1) is 21.4. The monoisotopic (exact) mass is 417 g/mol. The van der Waals surface area contributed by atoms with Crippen LogP contribution in [0.5, 0.6) is 0 Å². The molecule has 10 nitrogen and oxygen atoms in total. The Kier molecular flexibility index (Phi) is 6.16. The van der Waals surface area contributed by atoms with Crippen molar-refractivity contribution in [2.24, 2.45) is 0 Å². The molecule has 0 saturated carbocycles. The molecule has 0 radical (unpaired) electrons. The molecule has 0 spiro atoms. The van der Waals surface area contributed by atoms with Crippen molar-refractivity contribution in [1.29, 1.82) is 0 Å². The normalized spacial score (nSPS) is 24.9. The Hall–Kier alpha value is -3.27. The van der Waals surface area contributed by atoms with E-state index >= 15 is 0 Å². The van der Waals surface area contributed by atoms with Gasteiger partial charge in [-0.25, -0.2) is 4.90 Å². The number of rotatable bonds is 5. The van der Waals surface area contributed by atoms with Crippen LogP contribution in [0.3, 0.4) is 0 Å². The van der Waals surface area contributed by atoms with Gasteiger partial charge in [-0.05, 0) is 19.7 Å². The second kappa shape index (κ2) is 8.62. The maximum atomic E-state index is 13.2. The fourth-order valence-corrected chi connectivity index (χ4v) is 3.36. The van der Waals surface area contributed by atoms with Crippen LogP contribution in [0.15, 0.2) is 30.3 Å². The third kappa shape index (κ3) is 4.18. The van der Waals surface area contributed by atoms with Gasteiger partial charge in [0, 0.05) is 6.54 Å². The first-order valence-electron chi connectivity index (χ1n) is 9.47. The molecule has 2 aliphatic heterocycles. The predicted octanol–water partition coefficient (Wildman–Crippen LogP) is -0.432. The summed E-state index contributed by atoms with van der Waals surface area (Å²) in [5.74, 6) is -3.93. The molecular weight excluding hydrogens is 394 g/mol. The Morgan fingerprint density at radius 2 is 1.80 bits per heavy atom. The van der Waals surface area contributed by atoms with Crippen LogP contribution in [0.2, 0.25) is 0 Å². The number of nitrogens with one attached hydrogen (secondary N) is 1. The zero-order chi connectivity index (χ0) is 21.9. The molecule has 0 aromatic heterocycles. The average Bonchev–Trinajstić information content (AvgIpc) is 3.02. The standard InChI is InChI=1S/C20H23N3O7/c1-22(2)14-10-15(24)23(18(14)27)20(12-29-16(25)8-9-17(26)30-20)19(28)21-11-13-6-4-3-5-7-13/h3-7,14H,8-12H2,1-2H3,(H,21,28)/t14-,20-/m1/s1. The van der Waals surface area contributed by atoms with Crippen LogP contribution in [0.1, 0.15) is 24.8 Å². The van der Waals surface area contributed by atoms with Crippen molar-refractivity contribution >= 4 is 29.7 Å². The average molecular weight is 417 g/mol. The molecule has 0 aliphatic carbocycles. The van der Waals surface area contributed by atoms with Crippen LogP contribution < -0.4 is 5.32 Å². The molecule has 2 fully saturated rings. The van der Waals surface area contributed by atoms with E-state index in [4.69, 9.17) is 9.47 Å². The number of carbonyl (C=O) groups excluding carboxylic acids is 5. The minimum absolute atomic E-state index is 0.0558. The second-order valence-electron chi connectivity index (χ2n) is 7.34. The van der Waals surface area contributed by atoms with Gasteiger partial charge >= 0.3 is 17.7 Å². The van der Waals surface area contributed by atoms with E-state index < -0.39 is 48.0 Å². The van der Waals surface area contributed by atoms with Gasteiger partial charge in [-0.1, -0.05) is 30.3 Å². The summed E-state index contributed by atoms with van der Waals surface area (Å²) in [6, 6.07) is 8.09. The molecule has 2 atom stereocenters. The van der Waals surface area contributed by atoms with Gasteiger partial charge in [0.1, 0.15) is 0 Å². The summed E-state index contributed by atoms with van der Waals surface area (Å²) in [5, 5.41) is 2.59. The minimum Gasteiger partial charge on any atom is -0.459 e. The summed E-state index contributed by atoms with van der Waals surface area (Å²) in [6.07, 6.45) is -0.742. The van der Waals surface area contributed by atoms with E-state index in [-0.39, 0.29) is 25.8 Å². The number of hydrogen-bond acceptors (Lipinski definition) is 8. The molecule has 1 N–H and O–H groups in total. The minimum atomic E-state index is -2.40. The van der Waals surface area contributed by atoms with Crippen molar-refractivity contribution < 1.29 is 33.4 Å². The summed E-state index contributed by atoms with van der Waals surface area (Å²) in [7, 11) is 3.23. The molecule has 2 saturated heterocycles. The number of esters is 2. The largest absolute Gasteiger partial charge is 0.459 e. The molecule has 160 valence electrons. The number of ether oxygens (including phenoxy) is 2. The summed E-state index contributed by atoms with van der Waals surface area (Å²) in [5.41, 5.74) is -1.65. The highest BCUT2D eigenvalue weighted by Crippen LogP contribution is 2.30. The summed E-state index contributed by atoms with van der Waals surface area (Å²) in [4.78, 5) is 65.2. The lowest BCUT2D eigenvalue weighted by Crippen LogP contribution is -2.66. The van der Waals surface area contributed by atoms with E-state index in [1.807, 2.05) is 6.07 Å². The van der Waals surface area contributed by atoms with E-state index in [1.165, 1.54) is 4.90 Å². The number of hydrogen-bond donors (Lipinski definition) is 1. The Labute approximate surface area is 173 Å². The molecule has 0 bridgehead atoms. The number of nitrogens with zero attached hydrogens (tertiary/aromatic N) is 2. The molecule has 2 aliphatic rings. The fraction of sp³-hybridized carbons (Fsp3) is 0.450. The Morgan fingerprint density at radius 3 is 2.43 bits per heavy atom. The van der Waals surface area contributed by atoms with Gasteiger partial charge in [-0.3, -0.25) is 28.9 Å². The Balaban J connectivity index is 1.96. The summed E-state index contributed by atoms with van der Waals surface area (Å²) >= 11 is 0. The smallest absolute Gasteiger partial charge is 0.309 e. The number of carbonyl (C=O) groups is 5. The molecule has 2 heterocycles. The highest BCUT2D eigenvalue weighted by atomic mass is 16.6. The molecular formula is C20H23N3O7. The molecule has 1 aromatic rings. The third-order valence-corrected chi connectivity index (χ3v) is 5.00. The number of cyclic esters (lactones) is 2. The molecule has 30 heavy (non-hydrogen) atoms.